The van der Waals surface area contributed by atoms with E-state index in [9.17, 15) is 4.79 Å². The zero-order valence-electron chi connectivity index (χ0n) is 16.9. The average molecular weight is 415 g/mol. The molecule has 0 radical (unpaired) electrons. The van der Waals surface area contributed by atoms with Crippen LogP contribution in [0.15, 0.2) is 83.4 Å². The Morgan fingerprint density at radius 1 is 0.968 bits per heavy atom. The minimum Gasteiger partial charge on any atom is -0.497 e. The standard InChI is InChI=1S/C24H21N3O4/c1-29-19-13-11-18(12-14-19)25-22(28)16-30-21-10-6-5-9-20(21)24-26-23(31-27-24)15-17-7-3-2-4-8-17/h2-14H,15-16H2,1H3,(H,25,28). The van der Waals surface area contributed by atoms with E-state index >= 15 is 0 Å². The Balaban J connectivity index is 1.41. The molecule has 3 aromatic carbocycles. The number of carbonyl (C=O) groups excluding carboxylic acids is 1. The molecule has 156 valence electrons. The van der Waals surface area contributed by atoms with Crippen molar-refractivity contribution in [3.05, 3.63) is 90.3 Å². The number of amides is 1. The van der Waals surface area contributed by atoms with Gasteiger partial charge in [-0.25, -0.2) is 0 Å². The first kappa shape index (κ1) is 20.2. The number of rotatable bonds is 8. The van der Waals surface area contributed by atoms with Gasteiger partial charge in [-0.1, -0.05) is 47.6 Å². The second-order valence-electron chi connectivity index (χ2n) is 6.74. The number of para-hydroxylation sites is 1. The molecule has 4 rings (SSSR count). The first-order valence-electron chi connectivity index (χ1n) is 9.74. The molecule has 0 unspecified atom stereocenters. The number of carbonyl (C=O) groups is 1. The van der Waals surface area contributed by atoms with E-state index in [0.29, 0.717) is 35.1 Å². The van der Waals surface area contributed by atoms with Crippen LogP contribution < -0.4 is 14.8 Å². The van der Waals surface area contributed by atoms with Gasteiger partial charge in [-0.05, 0) is 42.0 Å². The van der Waals surface area contributed by atoms with Crippen molar-refractivity contribution in [2.45, 2.75) is 6.42 Å². The highest BCUT2D eigenvalue weighted by molar-refractivity contribution is 5.92. The van der Waals surface area contributed by atoms with Gasteiger partial charge in [0.1, 0.15) is 11.5 Å². The van der Waals surface area contributed by atoms with Crippen LogP contribution >= 0.6 is 0 Å². The van der Waals surface area contributed by atoms with Gasteiger partial charge in [-0.3, -0.25) is 4.79 Å². The number of nitrogens with zero attached hydrogens (tertiary/aromatic N) is 2. The molecule has 1 amide bonds. The van der Waals surface area contributed by atoms with Crippen molar-refractivity contribution in [3.8, 4) is 22.9 Å². The van der Waals surface area contributed by atoms with E-state index in [0.717, 1.165) is 11.3 Å². The number of anilines is 1. The second-order valence-corrected chi connectivity index (χ2v) is 6.74. The minimum atomic E-state index is -0.280. The van der Waals surface area contributed by atoms with E-state index in [1.165, 1.54) is 0 Å². The number of aromatic nitrogens is 2. The summed E-state index contributed by atoms with van der Waals surface area (Å²) in [6, 6.07) is 24.2. The first-order valence-corrected chi connectivity index (χ1v) is 9.74. The molecule has 1 N–H and O–H groups in total. The van der Waals surface area contributed by atoms with Crippen LogP contribution in [0.5, 0.6) is 11.5 Å². The molecule has 4 aromatic rings. The van der Waals surface area contributed by atoms with E-state index in [-0.39, 0.29) is 12.5 Å². The Bertz CT molecular complexity index is 1140. The summed E-state index contributed by atoms with van der Waals surface area (Å²) < 4.78 is 16.2. The van der Waals surface area contributed by atoms with Gasteiger partial charge >= 0.3 is 0 Å². The van der Waals surface area contributed by atoms with Crippen molar-refractivity contribution >= 4 is 11.6 Å². The van der Waals surface area contributed by atoms with Gasteiger partial charge < -0.3 is 19.3 Å². The maximum atomic E-state index is 12.3. The van der Waals surface area contributed by atoms with Gasteiger partial charge in [0.05, 0.1) is 19.1 Å². The van der Waals surface area contributed by atoms with Crippen LogP contribution in [0.25, 0.3) is 11.4 Å². The van der Waals surface area contributed by atoms with Crippen LogP contribution in [0.2, 0.25) is 0 Å². The van der Waals surface area contributed by atoms with Crippen LogP contribution in [-0.4, -0.2) is 29.8 Å². The third-order valence-corrected chi connectivity index (χ3v) is 4.53. The Morgan fingerprint density at radius 3 is 2.48 bits per heavy atom. The quantitative estimate of drug-likeness (QED) is 0.460. The lowest BCUT2D eigenvalue weighted by Crippen LogP contribution is -2.20. The lowest BCUT2D eigenvalue weighted by molar-refractivity contribution is -0.118. The Kier molecular flexibility index (Phi) is 6.23. The fourth-order valence-electron chi connectivity index (χ4n) is 3.00. The molecular weight excluding hydrogens is 394 g/mol. The third kappa shape index (κ3) is 5.27. The maximum Gasteiger partial charge on any atom is 0.262 e. The van der Waals surface area contributed by atoms with Crippen molar-refractivity contribution in [2.24, 2.45) is 0 Å². The Labute approximate surface area is 179 Å². The van der Waals surface area contributed by atoms with E-state index in [2.05, 4.69) is 15.5 Å². The molecule has 7 nitrogen and oxygen atoms in total. The lowest BCUT2D eigenvalue weighted by atomic mass is 10.1. The van der Waals surface area contributed by atoms with E-state index in [4.69, 9.17) is 14.0 Å². The molecule has 7 heteroatoms. The molecule has 1 aromatic heterocycles. The van der Waals surface area contributed by atoms with E-state index in [1.807, 2.05) is 48.5 Å². The largest absolute Gasteiger partial charge is 0.497 e. The van der Waals surface area contributed by atoms with Crippen LogP contribution in [0, 0.1) is 0 Å². The predicted octanol–water partition coefficient (Wildman–Crippen LogP) is 4.35. The normalized spacial score (nSPS) is 10.5. The van der Waals surface area contributed by atoms with Crippen LogP contribution in [0.1, 0.15) is 11.5 Å². The summed E-state index contributed by atoms with van der Waals surface area (Å²) in [6.45, 7) is -0.155. The van der Waals surface area contributed by atoms with Crippen molar-refractivity contribution in [2.75, 3.05) is 19.0 Å². The molecular formula is C24H21N3O4. The first-order chi connectivity index (χ1) is 15.2. The smallest absolute Gasteiger partial charge is 0.262 e. The molecule has 0 spiro atoms. The van der Waals surface area contributed by atoms with Gasteiger partial charge in [-0.2, -0.15) is 4.98 Å². The van der Waals surface area contributed by atoms with Crippen molar-refractivity contribution < 1.29 is 18.8 Å². The highest BCUT2D eigenvalue weighted by Crippen LogP contribution is 2.28. The van der Waals surface area contributed by atoms with Crippen LogP contribution in [0.4, 0.5) is 5.69 Å². The summed E-state index contributed by atoms with van der Waals surface area (Å²) in [7, 11) is 1.59. The molecule has 0 saturated heterocycles. The molecule has 0 fully saturated rings. The van der Waals surface area contributed by atoms with Crippen molar-refractivity contribution in [1.29, 1.82) is 0 Å². The Morgan fingerprint density at radius 2 is 1.71 bits per heavy atom. The van der Waals surface area contributed by atoms with Crippen LogP contribution in [0.3, 0.4) is 0 Å². The summed E-state index contributed by atoms with van der Waals surface area (Å²) >= 11 is 0. The van der Waals surface area contributed by atoms with Gasteiger partial charge in [-0.15, -0.1) is 0 Å². The number of methoxy groups -OCH3 is 1. The third-order valence-electron chi connectivity index (χ3n) is 4.53. The SMILES string of the molecule is COc1ccc(NC(=O)COc2ccccc2-c2noc(Cc3ccccc3)n2)cc1. The average Bonchev–Trinajstić information content (AvgIpc) is 3.27. The molecule has 0 aliphatic rings. The Hall–Kier alpha value is -4.13. The zero-order chi connectivity index (χ0) is 21.5. The molecule has 31 heavy (non-hydrogen) atoms. The lowest BCUT2D eigenvalue weighted by Gasteiger charge is -2.10. The fraction of sp³-hybridized carbons (Fsp3) is 0.125. The summed E-state index contributed by atoms with van der Waals surface area (Å²) in [5.74, 6) is 1.86. The summed E-state index contributed by atoms with van der Waals surface area (Å²) in [6.07, 6.45) is 0.543. The van der Waals surface area contributed by atoms with Gasteiger partial charge in [0.15, 0.2) is 6.61 Å². The highest BCUT2D eigenvalue weighted by atomic mass is 16.5. The number of nitrogens with one attached hydrogen (secondary N) is 1. The molecule has 0 aliphatic heterocycles. The van der Waals surface area contributed by atoms with Crippen LogP contribution in [-0.2, 0) is 11.2 Å². The summed E-state index contributed by atoms with van der Waals surface area (Å²) in [4.78, 5) is 16.8. The number of hydrogen-bond acceptors (Lipinski definition) is 6. The minimum absolute atomic E-state index is 0.155. The predicted molar refractivity (Wildman–Crippen MR) is 116 cm³/mol. The van der Waals surface area contributed by atoms with Gasteiger partial charge in [0.2, 0.25) is 11.7 Å². The highest BCUT2D eigenvalue weighted by Gasteiger charge is 2.15. The molecule has 1 heterocycles. The van der Waals surface area contributed by atoms with E-state index < -0.39 is 0 Å². The monoisotopic (exact) mass is 415 g/mol. The van der Waals surface area contributed by atoms with E-state index in [1.54, 1.807) is 37.4 Å². The van der Waals surface area contributed by atoms with Crippen molar-refractivity contribution in [3.63, 3.8) is 0 Å². The van der Waals surface area contributed by atoms with Gasteiger partial charge in [0.25, 0.3) is 5.91 Å². The summed E-state index contributed by atoms with van der Waals surface area (Å²) in [5, 5.41) is 6.86. The molecule has 0 saturated carbocycles. The summed E-state index contributed by atoms with van der Waals surface area (Å²) in [5.41, 5.74) is 2.40. The molecule has 0 aliphatic carbocycles. The number of ether oxygens (including phenoxy) is 2. The number of benzene rings is 3. The van der Waals surface area contributed by atoms with Gasteiger partial charge in [0, 0.05) is 5.69 Å². The second kappa shape index (κ2) is 9.58. The number of hydrogen-bond donors (Lipinski definition) is 1. The molecule has 0 atom stereocenters. The topological polar surface area (TPSA) is 86.5 Å². The zero-order valence-corrected chi connectivity index (χ0v) is 16.9. The fourth-order valence-corrected chi connectivity index (χ4v) is 3.00. The maximum absolute atomic E-state index is 12.3. The van der Waals surface area contributed by atoms with Crippen molar-refractivity contribution in [1.82, 2.24) is 10.1 Å². The molecule has 0 bridgehead atoms.